The minimum Gasteiger partial charge on any atom is -0.497 e. The number of likely N-dealkylation sites (tertiary alicyclic amines) is 1. The number of hydrogen-bond donors (Lipinski definition) is 1. The van der Waals surface area contributed by atoms with Crippen LogP contribution < -0.4 is 4.74 Å². The summed E-state index contributed by atoms with van der Waals surface area (Å²) < 4.78 is 5.11. The van der Waals surface area contributed by atoms with E-state index in [4.69, 9.17) is 4.74 Å². The molecule has 1 aromatic rings. The van der Waals surface area contributed by atoms with Crippen LogP contribution >= 0.6 is 0 Å². The standard InChI is InChI=1S/C15H21NO3/c1-11(17)13-9-15(18)16(10-13)8-7-12-3-5-14(19-2)6-4-12/h3-6,11,13,17H,7-10H2,1-2H3/t11-,13+/m1/s1. The number of carbonyl (C=O) groups is 1. The molecule has 0 aliphatic carbocycles. The lowest BCUT2D eigenvalue weighted by Crippen LogP contribution is -2.28. The zero-order valence-corrected chi connectivity index (χ0v) is 11.5. The van der Waals surface area contributed by atoms with Gasteiger partial charge in [-0.25, -0.2) is 0 Å². The van der Waals surface area contributed by atoms with Crippen LogP contribution in [0.2, 0.25) is 0 Å². The van der Waals surface area contributed by atoms with E-state index in [1.54, 1.807) is 14.0 Å². The molecule has 1 N–H and O–H groups in total. The molecule has 1 aliphatic heterocycles. The molecule has 0 radical (unpaired) electrons. The predicted molar refractivity (Wildman–Crippen MR) is 73.1 cm³/mol. The fraction of sp³-hybridized carbons (Fsp3) is 0.533. The molecule has 2 atom stereocenters. The van der Waals surface area contributed by atoms with Crippen molar-refractivity contribution in [1.82, 2.24) is 4.90 Å². The molecule has 0 spiro atoms. The van der Waals surface area contributed by atoms with Crippen molar-refractivity contribution < 1.29 is 14.6 Å². The SMILES string of the molecule is COc1ccc(CCN2C[C@@H]([C@@H](C)O)CC2=O)cc1. The Morgan fingerprint density at radius 3 is 2.63 bits per heavy atom. The maximum atomic E-state index is 11.8. The van der Waals surface area contributed by atoms with Gasteiger partial charge >= 0.3 is 0 Å². The second-order valence-corrected chi connectivity index (χ2v) is 5.14. The number of aliphatic hydroxyl groups excluding tert-OH is 1. The molecule has 104 valence electrons. The van der Waals surface area contributed by atoms with Gasteiger partial charge in [-0.05, 0) is 31.0 Å². The molecule has 0 unspecified atom stereocenters. The number of amides is 1. The maximum absolute atomic E-state index is 11.8. The molecule has 0 bridgehead atoms. The van der Waals surface area contributed by atoms with Crippen molar-refractivity contribution in [2.75, 3.05) is 20.2 Å². The number of aliphatic hydroxyl groups is 1. The molecular weight excluding hydrogens is 242 g/mol. The van der Waals surface area contributed by atoms with E-state index in [0.29, 0.717) is 19.5 Å². The summed E-state index contributed by atoms with van der Waals surface area (Å²) >= 11 is 0. The Hall–Kier alpha value is -1.55. The van der Waals surface area contributed by atoms with E-state index in [1.807, 2.05) is 29.2 Å². The van der Waals surface area contributed by atoms with Gasteiger partial charge in [0.25, 0.3) is 0 Å². The van der Waals surface area contributed by atoms with Gasteiger partial charge in [-0.1, -0.05) is 12.1 Å². The average molecular weight is 263 g/mol. The summed E-state index contributed by atoms with van der Waals surface area (Å²) in [7, 11) is 1.65. The fourth-order valence-corrected chi connectivity index (χ4v) is 2.40. The van der Waals surface area contributed by atoms with Crippen LogP contribution in [0.25, 0.3) is 0 Å². The van der Waals surface area contributed by atoms with Crippen LogP contribution in [0.5, 0.6) is 5.75 Å². The van der Waals surface area contributed by atoms with E-state index >= 15 is 0 Å². The highest BCUT2D eigenvalue weighted by molar-refractivity contribution is 5.78. The van der Waals surface area contributed by atoms with Crippen LogP contribution in [-0.4, -0.2) is 42.2 Å². The van der Waals surface area contributed by atoms with Crippen molar-refractivity contribution >= 4 is 5.91 Å². The summed E-state index contributed by atoms with van der Waals surface area (Å²) in [5.41, 5.74) is 1.19. The van der Waals surface area contributed by atoms with E-state index in [9.17, 15) is 9.90 Å². The molecule has 19 heavy (non-hydrogen) atoms. The number of benzene rings is 1. The molecule has 1 amide bonds. The second kappa shape index (κ2) is 6.06. The lowest BCUT2D eigenvalue weighted by Gasteiger charge is -2.17. The molecule has 1 aliphatic rings. The quantitative estimate of drug-likeness (QED) is 0.875. The van der Waals surface area contributed by atoms with Gasteiger partial charge in [-0.3, -0.25) is 4.79 Å². The lowest BCUT2D eigenvalue weighted by molar-refractivity contribution is -0.127. The zero-order valence-electron chi connectivity index (χ0n) is 11.5. The Kier molecular flexibility index (Phi) is 4.43. The Balaban J connectivity index is 1.86. The van der Waals surface area contributed by atoms with E-state index in [1.165, 1.54) is 5.56 Å². The van der Waals surface area contributed by atoms with Crippen molar-refractivity contribution in [1.29, 1.82) is 0 Å². The smallest absolute Gasteiger partial charge is 0.223 e. The van der Waals surface area contributed by atoms with Crippen LogP contribution in [-0.2, 0) is 11.2 Å². The molecular formula is C15H21NO3. The normalized spacial score (nSPS) is 20.7. The monoisotopic (exact) mass is 263 g/mol. The number of carbonyl (C=O) groups excluding carboxylic acids is 1. The summed E-state index contributed by atoms with van der Waals surface area (Å²) in [6.45, 7) is 3.14. The Morgan fingerprint density at radius 2 is 2.11 bits per heavy atom. The number of hydrogen-bond acceptors (Lipinski definition) is 3. The summed E-state index contributed by atoms with van der Waals surface area (Å²) in [5, 5.41) is 9.54. The van der Waals surface area contributed by atoms with Crippen LogP contribution in [0.1, 0.15) is 18.9 Å². The van der Waals surface area contributed by atoms with Gasteiger partial charge in [0, 0.05) is 25.4 Å². The highest BCUT2D eigenvalue weighted by Crippen LogP contribution is 2.21. The first-order valence-corrected chi connectivity index (χ1v) is 6.69. The summed E-state index contributed by atoms with van der Waals surface area (Å²) in [5.74, 6) is 1.08. The van der Waals surface area contributed by atoms with Gasteiger partial charge in [-0.2, -0.15) is 0 Å². The van der Waals surface area contributed by atoms with Gasteiger partial charge in [0.05, 0.1) is 13.2 Å². The van der Waals surface area contributed by atoms with E-state index in [2.05, 4.69) is 0 Å². The summed E-state index contributed by atoms with van der Waals surface area (Å²) in [6, 6.07) is 7.90. The third-order valence-corrected chi connectivity index (χ3v) is 3.76. The minimum absolute atomic E-state index is 0.0865. The molecule has 4 nitrogen and oxygen atoms in total. The van der Waals surface area contributed by atoms with Crippen LogP contribution in [0.15, 0.2) is 24.3 Å². The van der Waals surface area contributed by atoms with Crippen molar-refractivity contribution in [3.05, 3.63) is 29.8 Å². The Bertz CT molecular complexity index is 428. The Labute approximate surface area is 114 Å². The fourth-order valence-electron chi connectivity index (χ4n) is 2.40. The zero-order chi connectivity index (χ0) is 13.8. The summed E-state index contributed by atoms with van der Waals surface area (Å²) in [4.78, 5) is 13.7. The number of methoxy groups -OCH3 is 1. The predicted octanol–water partition coefficient (Wildman–Crippen LogP) is 1.47. The lowest BCUT2D eigenvalue weighted by atomic mass is 10.0. The Morgan fingerprint density at radius 1 is 1.42 bits per heavy atom. The number of rotatable bonds is 5. The second-order valence-electron chi connectivity index (χ2n) is 5.14. The van der Waals surface area contributed by atoms with E-state index in [0.717, 1.165) is 12.2 Å². The summed E-state index contributed by atoms with van der Waals surface area (Å²) in [6.07, 6.45) is 0.901. The van der Waals surface area contributed by atoms with Crippen LogP contribution in [0, 0.1) is 5.92 Å². The van der Waals surface area contributed by atoms with Gasteiger partial charge < -0.3 is 14.7 Å². The maximum Gasteiger partial charge on any atom is 0.223 e. The van der Waals surface area contributed by atoms with Crippen molar-refractivity contribution in [2.45, 2.75) is 25.9 Å². The molecule has 0 aromatic heterocycles. The number of ether oxygens (including phenoxy) is 1. The number of nitrogens with zero attached hydrogens (tertiary/aromatic N) is 1. The molecule has 4 heteroatoms. The molecule has 0 saturated carbocycles. The molecule has 1 saturated heterocycles. The van der Waals surface area contributed by atoms with Gasteiger partial charge in [-0.15, -0.1) is 0 Å². The third-order valence-electron chi connectivity index (χ3n) is 3.76. The van der Waals surface area contributed by atoms with Gasteiger partial charge in [0.1, 0.15) is 5.75 Å². The molecule has 2 rings (SSSR count). The van der Waals surface area contributed by atoms with Gasteiger partial charge in [0.15, 0.2) is 0 Å². The van der Waals surface area contributed by atoms with Crippen LogP contribution in [0.4, 0.5) is 0 Å². The molecule has 1 aromatic carbocycles. The average Bonchev–Trinajstić information content (AvgIpc) is 2.79. The van der Waals surface area contributed by atoms with Crippen LogP contribution in [0.3, 0.4) is 0 Å². The molecule has 1 heterocycles. The van der Waals surface area contributed by atoms with Crippen molar-refractivity contribution in [3.63, 3.8) is 0 Å². The highest BCUT2D eigenvalue weighted by Gasteiger charge is 2.31. The topological polar surface area (TPSA) is 49.8 Å². The van der Waals surface area contributed by atoms with E-state index in [-0.39, 0.29) is 11.8 Å². The first-order valence-electron chi connectivity index (χ1n) is 6.69. The van der Waals surface area contributed by atoms with Crippen molar-refractivity contribution in [2.24, 2.45) is 5.92 Å². The molecule has 1 fully saturated rings. The first kappa shape index (κ1) is 13.9. The first-order chi connectivity index (χ1) is 9.10. The third kappa shape index (κ3) is 3.47. The minimum atomic E-state index is -0.407. The van der Waals surface area contributed by atoms with Gasteiger partial charge in [0.2, 0.25) is 5.91 Å². The largest absolute Gasteiger partial charge is 0.497 e. The van der Waals surface area contributed by atoms with E-state index < -0.39 is 6.10 Å². The van der Waals surface area contributed by atoms with Crippen molar-refractivity contribution in [3.8, 4) is 5.75 Å². The highest BCUT2D eigenvalue weighted by atomic mass is 16.5.